The highest BCUT2D eigenvalue weighted by atomic mass is 16.5. The zero-order valence-corrected chi connectivity index (χ0v) is 15.1. The van der Waals surface area contributed by atoms with Crippen LogP contribution in [0.15, 0.2) is 42.6 Å². The molecule has 0 bridgehead atoms. The third kappa shape index (κ3) is 4.87. The van der Waals surface area contributed by atoms with Gasteiger partial charge in [-0.05, 0) is 24.3 Å². The Morgan fingerprint density at radius 3 is 2.52 bits per heavy atom. The standard InChI is InChI=1S/C19H22N4O4/c1-26-16-4-2-3-5-17(16)27-13-19(25)21-18-7-6-15(12-20-18)23-10-8-22(14-24)9-11-23/h2-7,12,14H,8-11,13H2,1H3,(H,20,21,25). The third-order valence-corrected chi connectivity index (χ3v) is 4.27. The number of pyridine rings is 1. The summed E-state index contributed by atoms with van der Waals surface area (Å²) < 4.78 is 10.7. The molecule has 1 saturated heterocycles. The molecule has 3 rings (SSSR count). The van der Waals surface area contributed by atoms with Crippen LogP contribution in [0.3, 0.4) is 0 Å². The number of benzene rings is 1. The number of para-hydroxylation sites is 2. The van der Waals surface area contributed by atoms with Crippen LogP contribution in [-0.4, -0.2) is 62.1 Å². The fourth-order valence-electron chi connectivity index (χ4n) is 2.79. The van der Waals surface area contributed by atoms with Crippen LogP contribution in [0.1, 0.15) is 0 Å². The Hall–Kier alpha value is -3.29. The van der Waals surface area contributed by atoms with E-state index in [0.717, 1.165) is 25.2 Å². The van der Waals surface area contributed by atoms with Gasteiger partial charge in [-0.15, -0.1) is 0 Å². The minimum absolute atomic E-state index is 0.141. The molecule has 1 aliphatic heterocycles. The summed E-state index contributed by atoms with van der Waals surface area (Å²) >= 11 is 0. The third-order valence-electron chi connectivity index (χ3n) is 4.27. The van der Waals surface area contributed by atoms with Gasteiger partial charge in [0.1, 0.15) is 5.82 Å². The van der Waals surface area contributed by atoms with Gasteiger partial charge in [-0.2, -0.15) is 0 Å². The first-order chi connectivity index (χ1) is 13.2. The number of carbonyl (C=O) groups excluding carboxylic acids is 2. The number of hydrogen-bond acceptors (Lipinski definition) is 6. The Labute approximate surface area is 157 Å². The van der Waals surface area contributed by atoms with Gasteiger partial charge in [-0.25, -0.2) is 4.98 Å². The molecule has 0 saturated carbocycles. The molecule has 8 nitrogen and oxygen atoms in total. The molecule has 0 aliphatic carbocycles. The largest absolute Gasteiger partial charge is 0.493 e. The maximum atomic E-state index is 12.1. The van der Waals surface area contributed by atoms with Crippen molar-refractivity contribution in [3.63, 3.8) is 0 Å². The van der Waals surface area contributed by atoms with Gasteiger partial charge < -0.3 is 24.6 Å². The summed E-state index contributed by atoms with van der Waals surface area (Å²) in [4.78, 5) is 31.0. The molecule has 0 unspecified atom stereocenters. The number of amides is 2. The van der Waals surface area contributed by atoms with Crippen LogP contribution in [-0.2, 0) is 9.59 Å². The van der Waals surface area contributed by atoms with Crippen LogP contribution >= 0.6 is 0 Å². The van der Waals surface area contributed by atoms with E-state index in [4.69, 9.17) is 9.47 Å². The quantitative estimate of drug-likeness (QED) is 0.742. The van der Waals surface area contributed by atoms with E-state index in [2.05, 4.69) is 15.2 Å². The van der Waals surface area contributed by atoms with Crippen molar-refractivity contribution in [3.8, 4) is 11.5 Å². The summed E-state index contributed by atoms with van der Waals surface area (Å²) in [6.45, 7) is 2.78. The molecule has 1 aromatic heterocycles. The van der Waals surface area contributed by atoms with Crippen LogP contribution in [0.25, 0.3) is 0 Å². The van der Waals surface area contributed by atoms with E-state index in [1.807, 2.05) is 18.2 Å². The first-order valence-corrected chi connectivity index (χ1v) is 8.65. The van der Waals surface area contributed by atoms with Gasteiger partial charge in [0.2, 0.25) is 6.41 Å². The SMILES string of the molecule is COc1ccccc1OCC(=O)Nc1ccc(N2CCN(C=O)CC2)cn1. The van der Waals surface area contributed by atoms with Crippen LogP contribution in [0, 0.1) is 0 Å². The van der Waals surface area contributed by atoms with Crippen molar-refractivity contribution in [2.45, 2.75) is 0 Å². The van der Waals surface area contributed by atoms with Crippen molar-refractivity contribution in [1.29, 1.82) is 0 Å². The summed E-state index contributed by atoms with van der Waals surface area (Å²) in [6, 6.07) is 10.8. The second-order valence-corrected chi connectivity index (χ2v) is 6.02. The molecule has 1 aliphatic rings. The Balaban J connectivity index is 1.50. The summed E-state index contributed by atoms with van der Waals surface area (Å²) in [5.74, 6) is 1.23. The molecule has 1 fully saturated rings. The second-order valence-electron chi connectivity index (χ2n) is 6.02. The number of nitrogens with zero attached hydrogens (tertiary/aromatic N) is 3. The Morgan fingerprint density at radius 1 is 1.15 bits per heavy atom. The maximum Gasteiger partial charge on any atom is 0.263 e. The van der Waals surface area contributed by atoms with E-state index in [-0.39, 0.29) is 12.5 Å². The molecule has 0 atom stereocenters. The lowest BCUT2D eigenvalue weighted by Gasteiger charge is -2.33. The fourth-order valence-corrected chi connectivity index (χ4v) is 2.79. The van der Waals surface area contributed by atoms with Crippen molar-refractivity contribution in [1.82, 2.24) is 9.88 Å². The highest BCUT2D eigenvalue weighted by Gasteiger charge is 2.16. The normalized spacial score (nSPS) is 13.8. The first-order valence-electron chi connectivity index (χ1n) is 8.65. The number of ether oxygens (including phenoxy) is 2. The monoisotopic (exact) mass is 370 g/mol. The first kappa shape index (κ1) is 18.5. The summed E-state index contributed by atoms with van der Waals surface area (Å²) in [7, 11) is 1.55. The molecule has 27 heavy (non-hydrogen) atoms. The van der Waals surface area contributed by atoms with Crippen LogP contribution < -0.4 is 19.7 Å². The molecule has 1 aromatic carbocycles. The number of nitrogens with one attached hydrogen (secondary N) is 1. The molecule has 2 aromatic rings. The second kappa shape index (κ2) is 8.88. The van der Waals surface area contributed by atoms with Crippen molar-refractivity contribution in [2.24, 2.45) is 0 Å². The van der Waals surface area contributed by atoms with E-state index in [1.54, 1.807) is 36.4 Å². The molecule has 142 valence electrons. The highest BCUT2D eigenvalue weighted by molar-refractivity contribution is 5.91. The van der Waals surface area contributed by atoms with Crippen molar-refractivity contribution < 1.29 is 19.1 Å². The van der Waals surface area contributed by atoms with Crippen LogP contribution in [0.2, 0.25) is 0 Å². The minimum Gasteiger partial charge on any atom is -0.493 e. The lowest BCUT2D eigenvalue weighted by Crippen LogP contribution is -2.45. The van der Waals surface area contributed by atoms with Gasteiger partial charge in [-0.3, -0.25) is 9.59 Å². The van der Waals surface area contributed by atoms with E-state index < -0.39 is 0 Å². The lowest BCUT2D eigenvalue weighted by atomic mass is 10.3. The molecular weight excluding hydrogens is 348 g/mol. The van der Waals surface area contributed by atoms with E-state index in [1.165, 1.54) is 0 Å². The van der Waals surface area contributed by atoms with Crippen LogP contribution in [0.5, 0.6) is 11.5 Å². The van der Waals surface area contributed by atoms with Crippen molar-refractivity contribution >= 4 is 23.8 Å². The molecule has 8 heteroatoms. The summed E-state index contributed by atoms with van der Waals surface area (Å²) in [5.41, 5.74) is 0.962. The van der Waals surface area contributed by atoms with E-state index in [9.17, 15) is 9.59 Å². The summed E-state index contributed by atoms with van der Waals surface area (Å²) in [6.07, 6.45) is 2.59. The average molecular weight is 370 g/mol. The molecule has 0 spiro atoms. The van der Waals surface area contributed by atoms with Crippen LogP contribution in [0.4, 0.5) is 11.5 Å². The molecule has 2 amide bonds. The van der Waals surface area contributed by atoms with Gasteiger partial charge in [0.25, 0.3) is 5.91 Å². The zero-order chi connectivity index (χ0) is 19.1. The van der Waals surface area contributed by atoms with Gasteiger partial charge in [0.05, 0.1) is 19.0 Å². The minimum atomic E-state index is -0.305. The number of aromatic nitrogens is 1. The Morgan fingerprint density at radius 2 is 1.89 bits per heavy atom. The molecule has 1 N–H and O–H groups in total. The number of anilines is 2. The molecular formula is C19H22N4O4. The van der Waals surface area contributed by atoms with Crippen molar-refractivity contribution in [3.05, 3.63) is 42.6 Å². The zero-order valence-electron chi connectivity index (χ0n) is 15.1. The average Bonchev–Trinajstić information content (AvgIpc) is 2.73. The van der Waals surface area contributed by atoms with E-state index in [0.29, 0.717) is 30.4 Å². The topological polar surface area (TPSA) is 84.0 Å². The van der Waals surface area contributed by atoms with Gasteiger partial charge in [0, 0.05) is 26.2 Å². The predicted octanol–water partition coefficient (Wildman–Crippen LogP) is 1.39. The molecule has 2 heterocycles. The predicted molar refractivity (Wildman–Crippen MR) is 101 cm³/mol. The fraction of sp³-hybridized carbons (Fsp3) is 0.316. The smallest absolute Gasteiger partial charge is 0.263 e. The van der Waals surface area contributed by atoms with Gasteiger partial charge in [0.15, 0.2) is 18.1 Å². The number of carbonyl (C=O) groups is 2. The number of hydrogen-bond donors (Lipinski definition) is 1. The maximum absolute atomic E-state index is 12.1. The lowest BCUT2D eigenvalue weighted by molar-refractivity contribution is -0.119. The van der Waals surface area contributed by atoms with Gasteiger partial charge >= 0.3 is 0 Å². The number of piperazine rings is 1. The Bertz CT molecular complexity index is 774. The number of rotatable bonds is 7. The van der Waals surface area contributed by atoms with Crippen molar-refractivity contribution in [2.75, 3.05) is 50.1 Å². The Kier molecular flexibility index (Phi) is 6.09. The molecule has 0 radical (unpaired) electrons. The van der Waals surface area contributed by atoms with Gasteiger partial charge in [-0.1, -0.05) is 12.1 Å². The number of methoxy groups -OCH3 is 1. The van der Waals surface area contributed by atoms with E-state index >= 15 is 0 Å². The summed E-state index contributed by atoms with van der Waals surface area (Å²) in [5, 5.41) is 2.71. The highest BCUT2D eigenvalue weighted by Crippen LogP contribution is 2.25.